The summed E-state index contributed by atoms with van der Waals surface area (Å²) >= 11 is 6.29. The maximum Gasteiger partial charge on any atom is 0.230 e. The number of aliphatic imine (C=N–C) groups is 1. The Labute approximate surface area is 109 Å². The summed E-state index contributed by atoms with van der Waals surface area (Å²) in [5.74, 6) is 0. The van der Waals surface area contributed by atoms with Crippen LogP contribution in [0.3, 0.4) is 0 Å². The van der Waals surface area contributed by atoms with Gasteiger partial charge in [-0.05, 0) is 29.9 Å². The van der Waals surface area contributed by atoms with Crippen LogP contribution < -0.4 is 4.90 Å². The molecule has 0 aliphatic rings. The van der Waals surface area contributed by atoms with E-state index in [9.17, 15) is 0 Å². The van der Waals surface area contributed by atoms with Crippen LogP contribution >= 0.6 is 23.6 Å². The largest absolute Gasteiger partial charge is 0.378 e. The van der Waals surface area contributed by atoms with E-state index in [0.717, 1.165) is 11.3 Å². The average Bonchev–Trinajstić information content (AvgIpc) is 2.73. The normalized spacial score (nSPS) is 10.9. The molecule has 0 aliphatic carbocycles. The van der Waals surface area contributed by atoms with Gasteiger partial charge in [0.2, 0.25) is 5.13 Å². The molecule has 0 radical (unpaired) electrons. The molecular formula is C11H12N4S2. The van der Waals surface area contributed by atoms with Crippen LogP contribution in [0.4, 0.5) is 10.8 Å². The van der Waals surface area contributed by atoms with E-state index in [4.69, 9.17) is 12.2 Å². The monoisotopic (exact) mass is 264 g/mol. The lowest BCUT2D eigenvalue weighted by Crippen LogP contribution is -2.08. The lowest BCUT2D eigenvalue weighted by atomic mass is 10.2. The molecule has 1 aromatic carbocycles. The zero-order valence-electron chi connectivity index (χ0n) is 9.54. The SMILES string of the molecule is CN(C)c1ccc(/C=N/c2n[nH]c(=S)s2)cc1. The average molecular weight is 264 g/mol. The van der Waals surface area contributed by atoms with E-state index >= 15 is 0 Å². The van der Waals surface area contributed by atoms with E-state index in [2.05, 4.69) is 20.1 Å². The number of nitrogens with one attached hydrogen (secondary N) is 1. The highest BCUT2D eigenvalue weighted by Gasteiger charge is 1.95. The van der Waals surface area contributed by atoms with Crippen molar-refractivity contribution in [2.45, 2.75) is 0 Å². The first-order valence-corrected chi connectivity index (χ1v) is 6.24. The van der Waals surface area contributed by atoms with Gasteiger partial charge in [-0.2, -0.15) is 0 Å². The zero-order valence-corrected chi connectivity index (χ0v) is 11.2. The summed E-state index contributed by atoms with van der Waals surface area (Å²) in [7, 11) is 4.03. The van der Waals surface area contributed by atoms with Crippen LogP contribution in [0.2, 0.25) is 0 Å². The van der Waals surface area contributed by atoms with Crippen LogP contribution in [-0.4, -0.2) is 30.5 Å². The maximum absolute atomic E-state index is 4.93. The summed E-state index contributed by atoms with van der Waals surface area (Å²) in [6.45, 7) is 0. The third kappa shape index (κ3) is 3.21. The highest BCUT2D eigenvalue weighted by Crippen LogP contribution is 2.15. The van der Waals surface area contributed by atoms with Gasteiger partial charge in [0.25, 0.3) is 0 Å². The van der Waals surface area contributed by atoms with Crippen molar-refractivity contribution < 1.29 is 0 Å². The molecular weight excluding hydrogens is 252 g/mol. The van der Waals surface area contributed by atoms with Crippen molar-refractivity contribution in [2.75, 3.05) is 19.0 Å². The van der Waals surface area contributed by atoms with Crippen molar-refractivity contribution in [3.05, 3.63) is 33.8 Å². The molecule has 17 heavy (non-hydrogen) atoms. The molecule has 4 nitrogen and oxygen atoms in total. The van der Waals surface area contributed by atoms with Crippen molar-refractivity contribution in [3.63, 3.8) is 0 Å². The van der Waals surface area contributed by atoms with Crippen molar-refractivity contribution in [2.24, 2.45) is 4.99 Å². The number of aromatic nitrogens is 2. The molecule has 0 saturated carbocycles. The number of hydrogen-bond donors (Lipinski definition) is 1. The molecule has 0 spiro atoms. The van der Waals surface area contributed by atoms with Gasteiger partial charge >= 0.3 is 0 Å². The third-order valence-corrected chi connectivity index (χ3v) is 3.16. The summed E-state index contributed by atoms with van der Waals surface area (Å²) in [5, 5.41) is 7.30. The second-order valence-corrected chi connectivity index (χ2v) is 5.28. The van der Waals surface area contributed by atoms with Crippen LogP contribution in [0.5, 0.6) is 0 Å². The zero-order chi connectivity index (χ0) is 12.3. The number of aromatic amines is 1. The quantitative estimate of drug-likeness (QED) is 0.684. The molecule has 1 heterocycles. The minimum Gasteiger partial charge on any atom is -0.378 e. The van der Waals surface area contributed by atoms with Crippen LogP contribution in [-0.2, 0) is 0 Å². The van der Waals surface area contributed by atoms with Gasteiger partial charge in [-0.1, -0.05) is 23.5 Å². The van der Waals surface area contributed by atoms with E-state index in [1.165, 1.54) is 11.3 Å². The van der Waals surface area contributed by atoms with E-state index in [1.54, 1.807) is 6.21 Å². The van der Waals surface area contributed by atoms with Gasteiger partial charge in [-0.15, -0.1) is 5.10 Å². The van der Waals surface area contributed by atoms with Crippen LogP contribution in [0.1, 0.15) is 5.56 Å². The minimum atomic E-state index is 0.639. The molecule has 88 valence electrons. The molecule has 2 rings (SSSR count). The number of anilines is 1. The topological polar surface area (TPSA) is 44.3 Å². The Balaban J connectivity index is 2.13. The Hall–Kier alpha value is -1.53. The van der Waals surface area contributed by atoms with E-state index in [-0.39, 0.29) is 0 Å². The Morgan fingerprint density at radius 1 is 1.35 bits per heavy atom. The fraction of sp³-hybridized carbons (Fsp3) is 0.182. The Bertz CT molecular complexity index is 566. The first kappa shape index (κ1) is 11.9. The molecule has 0 aliphatic heterocycles. The highest BCUT2D eigenvalue weighted by atomic mass is 32.1. The van der Waals surface area contributed by atoms with Gasteiger partial charge in [0, 0.05) is 26.0 Å². The third-order valence-electron chi connectivity index (χ3n) is 2.16. The molecule has 1 aromatic heterocycles. The van der Waals surface area contributed by atoms with Crippen molar-refractivity contribution >= 4 is 40.6 Å². The number of H-pyrrole nitrogens is 1. The summed E-state index contributed by atoms with van der Waals surface area (Å²) in [5.41, 5.74) is 2.20. The van der Waals surface area contributed by atoms with Crippen molar-refractivity contribution in [1.82, 2.24) is 10.2 Å². The molecule has 0 amide bonds. The Kier molecular flexibility index (Phi) is 3.65. The Morgan fingerprint density at radius 2 is 2.06 bits per heavy atom. The molecule has 0 atom stereocenters. The molecule has 0 saturated heterocycles. The predicted octanol–water partition coefficient (Wildman–Crippen LogP) is 3.02. The summed E-state index contributed by atoms with van der Waals surface area (Å²) in [6, 6.07) is 8.14. The lowest BCUT2D eigenvalue weighted by molar-refractivity contribution is 1.07. The second kappa shape index (κ2) is 5.20. The van der Waals surface area contributed by atoms with Gasteiger partial charge in [-0.25, -0.2) is 4.99 Å². The highest BCUT2D eigenvalue weighted by molar-refractivity contribution is 7.73. The molecule has 0 unspecified atom stereocenters. The van der Waals surface area contributed by atoms with Gasteiger partial charge in [0.1, 0.15) is 0 Å². The van der Waals surface area contributed by atoms with Gasteiger partial charge in [-0.3, -0.25) is 5.10 Å². The fourth-order valence-electron chi connectivity index (χ4n) is 1.27. The first-order valence-electron chi connectivity index (χ1n) is 5.02. The van der Waals surface area contributed by atoms with Crippen LogP contribution in [0.15, 0.2) is 29.3 Å². The van der Waals surface area contributed by atoms with Gasteiger partial charge in [0.15, 0.2) is 3.95 Å². The summed E-state index contributed by atoms with van der Waals surface area (Å²) in [6.07, 6.45) is 1.78. The first-order chi connectivity index (χ1) is 8.15. The molecule has 6 heteroatoms. The number of rotatable bonds is 3. The number of benzene rings is 1. The number of hydrogen-bond acceptors (Lipinski definition) is 5. The summed E-state index contributed by atoms with van der Waals surface area (Å²) in [4.78, 5) is 6.30. The van der Waals surface area contributed by atoms with Gasteiger partial charge in [0.05, 0.1) is 0 Å². The maximum atomic E-state index is 4.93. The predicted molar refractivity (Wildman–Crippen MR) is 75.3 cm³/mol. The second-order valence-electron chi connectivity index (χ2n) is 3.64. The molecule has 0 bridgehead atoms. The fourth-order valence-corrected chi connectivity index (χ4v) is 1.99. The molecule has 1 N–H and O–H groups in total. The van der Waals surface area contributed by atoms with E-state index in [1.807, 2.05) is 38.4 Å². The Morgan fingerprint density at radius 3 is 2.59 bits per heavy atom. The smallest absolute Gasteiger partial charge is 0.230 e. The van der Waals surface area contributed by atoms with E-state index < -0.39 is 0 Å². The number of nitrogens with zero attached hydrogens (tertiary/aromatic N) is 3. The van der Waals surface area contributed by atoms with Crippen molar-refractivity contribution in [3.8, 4) is 0 Å². The van der Waals surface area contributed by atoms with Gasteiger partial charge < -0.3 is 4.90 Å². The minimum absolute atomic E-state index is 0.639. The lowest BCUT2D eigenvalue weighted by Gasteiger charge is -2.11. The van der Waals surface area contributed by atoms with Crippen molar-refractivity contribution in [1.29, 1.82) is 0 Å². The van der Waals surface area contributed by atoms with Crippen LogP contribution in [0, 0.1) is 3.95 Å². The van der Waals surface area contributed by atoms with Crippen LogP contribution in [0.25, 0.3) is 0 Å². The molecule has 0 fully saturated rings. The molecule has 2 aromatic rings. The standard InChI is InChI=1S/C11H12N4S2/c1-15(2)9-5-3-8(4-6-9)7-12-10-13-14-11(16)17-10/h3-7H,1-2H3,(H,14,16)/b12-7+. The summed E-state index contributed by atoms with van der Waals surface area (Å²) < 4.78 is 0.639. The van der Waals surface area contributed by atoms with E-state index in [0.29, 0.717) is 9.09 Å².